The van der Waals surface area contributed by atoms with Gasteiger partial charge in [0.15, 0.2) is 6.20 Å². The Bertz CT molecular complexity index is 335. The predicted molar refractivity (Wildman–Crippen MR) is 58.8 cm³/mol. The van der Waals surface area contributed by atoms with Crippen LogP contribution in [0.2, 0.25) is 0 Å². The van der Waals surface area contributed by atoms with Crippen molar-refractivity contribution >= 4 is 11.5 Å². The van der Waals surface area contributed by atoms with Crippen LogP contribution in [0.4, 0.5) is 11.5 Å². The Labute approximate surface area is 88.7 Å². The van der Waals surface area contributed by atoms with Crippen molar-refractivity contribution in [2.24, 2.45) is 5.92 Å². The number of hydrogen-bond donors (Lipinski definition) is 1. The van der Waals surface area contributed by atoms with E-state index < -0.39 is 4.92 Å². The number of rotatable bonds is 4. The maximum atomic E-state index is 10.4. The number of nitrogens with one attached hydrogen (secondary N) is 1. The zero-order chi connectivity index (χ0) is 11.4. The second-order valence-corrected chi connectivity index (χ2v) is 3.84. The van der Waals surface area contributed by atoms with Gasteiger partial charge >= 0.3 is 5.82 Å². The molecule has 1 unspecified atom stereocenters. The van der Waals surface area contributed by atoms with Crippen LogP contribution in [-0.2, 0) is 0 Å². The zero-order valence-corrected chi connectivity index (χ0v) is 9.10. The van der Waals surface area contributed by atoms with E-state index >= 15 is 0 Å². The molecule has 0 aliphatic carbocycles. The van der Waals surface area contributed by atoms with Gasteiger partial charge in [-0.25, -0.2) is 0 Å². The third-order valence-corrected chi connectivity index (χ3v) is 2.33. The lowest BCUT2D eigenvalue weighted by molar-refractivity contribution is -0.389. The molecule has 0 saturated carbocycles. The van der Waals surface area contributed by atoms with E-state index in [1.54, 1.807) is 6.07 Å². The van der Waals surface area contributed by atoms with Crippen molar-refractivity contribution in [3.8, 4) is 0 Å². The molecule has 0 saturated heterocycles. The van der Waals surface area contributed by atoms with Crippen molar-refractivity contribution in [3.63, 3.8) is 0 Å². The first-order chi connectivity index (χ1) is 7.00. The maximum Gasteiger partial charge on any atom is 0.363 e. The van der Waals surface area contributed by atoms with Crippen molar-refractivity contribution in [3.05, 3.63) is 28.4 Å². The summed E-state index contributed by atoms with van der Waals surface area (Å²) in [5, 5.41) is 13.6. The highest BCUT2D eigenvalue weighted by Crippen LogP contribution is 2.14. The van der Waals surface area contributed by atoms with Gasteiger partial charge in [0.1, 0.15) is 0 Å². The minimum Gasteiger partial charge on any atom is -0.379 e. The average molecular weight is 209 g/mol. The lowest BCUT2D eigenvalue weighted by Gasteiger charge is -2.17. The summed E-state index contributed by atoms with van der Waals surface area (Å²) in [4.78, 5) is 13.6. The molecule has 0 fully saturated rings. The fourth-order valence-electron chi connectivity index (χ4n) is 1.01. The lowest BCUT2D eigenvalue weighted by atomic mass is 10.1. The fraction of sp³-hybridized carbons (Fsp3) is 0.500. The SMILES string of the molecule is CC(C)C(C)Nc1ccc([N+](=O)[O-])nc1. The highest BCUT2D eigenvalue weighted by Gasteiger charge is 2.09. The molecule has 15 heavy (non-hydrogen) atoms. The molecular weight excluding hydrogens is 194 g/mol. The molecule has 5 nitrogen and oxygen atoms in total. The van der Waals surface area contributed by atoms with Crippen LogP contribution in [0, 0.1) is 16.0 Å². The Morgan fingerprint density at radius 2 is 2.07 bits per heavy atom. The zero-order valence-electron chi connectivity index (χ0n) is 9.10. The predicted octanol–water partition coefficient (Wildman–Crippen LogP) is 2.45. The van der Waals surface area contributed by atoms with Crippen LogP contribution < -0.4 is 5.32 Å². The second-order valence-electron chi connectivity index (χ2n) is 3.84. The molecule has 0 aliphatic heterocycles. The van der Waals surface area contributed by atoms with Gasteiger partial charge in [-0.1, -0.05) is 13.8 Å². The Kier molecular flexibility index (Phi) is 3.60. The Hall–Kier alpha value is -1.65. The normalized spacial score (nSPS) is 12.5. The highest BCUT2D eigenvalue weighted by molar-refractivity contribution is 5.44. The number of nitrogens with zero attached hydrogens (tertiary/aromatic N) is 2. The number of hydrogen-bond acceptors (Lipinski definition) is 4. The summed E-state index contributed by atoms with van der Waals surface area (Å²) in [5.41, 5.74) is 0.807. The van der Waals surface area contributed by atoms with E-state index in [2.05, 4.69) is 31.1 Å². The molecule has 0 radical (unpaired) electrons. The van der Waals surface area contributed by atoms with Crippen LogP contribution in [0.15, 0.2) is 18.3 Å². The van der Waals surface area contributed by atoms with Crippen molar-refractivity contribution in [1.82, 2.24) is 4.98 Å². The summed E-state index contributed by atoms with van der Waals surface area (Å²) in [6, 6.07) is 3.38. The van der Waals surface area contributed by atoms with Crippen LogP contribution in [0.3, 0.4) is 0 Å². The van der Waals surface area contributed by atoms with E-state index in [9.17, 15) is 10.1 Å². The minimum absolute atomic E-state index is 0.127. The molecule has 82 valence electrons. The van der Waals surface area contributed by atoms with Gasteiger partial charge in [-0.3, -0.25) is 0 Å². The minimum atomic E-state index is -0.504. The summed E-state index contributed by atoms with van der Waals surface area (Å²) < 4.78 is 0. The fourth-order valence-corrected chi connectivity index (χ4v) is 1.01. The molecule has 0 bridgehead atoms. The van der Waals surface area contributed by atoms with Gasteiger partial charge in [-0.15, -0.1) is 0 Å². The quantitative estimate of drug-likeness (QED) is 0.610. The summed E-state index contributed by atoms with van der Waals surface area (Å²) in [7, 11) is 0. The number of anilines is 1. The van der Waals surface area contributed by atoms with E-state index in [1.165, 1.54) is 12.3 Å². The molecule has 0 spiro atoms. The van der Waals surface area contributed by atoms with Gasteiger partial charge in [-0.05, 0) is 28.8 Å². The molecule has 1 rings (SSSR count). The first-order valence-corrected chi connectivity index (χ1v) is 4.87. The van der Waals surface area contributed by atoms with E-state index in [0.717, 1.165) is 5.69 Å². The number of aromatic nitrogens is 1. The van der Waals surface area contributed by atoms with E-state index in [0.29, 0.717) is 12.0 Å². The topological polar surface area (TPSA) is 68.1 Å². The van der Waals surface area contributed by atoms with Gasteiger partial charge in [0.05, 0.1) is 5.69 Å². The smallest absolute Gasteiger partial charge is 0.363 e. The van der Waals surface area contributed by atoms with Crippen LogP contribution in [0.5, 0.6) is 0 Å². The average Bonchev–Trinajstić information content (AvgIpc) is 2.18. The van der Waals surface area contributed by atoms with Gasteiger partial charge in [0, 0.05) is 12.1 Å². The second kappa shape index (κ2) is 4.72. The van der Waals surface area contributed by atoms with Crippen LogP contribution in [-0.4, -0.2) is 15.9 Å². The number of nitro groups is 1. The third-order valence-electron chi connectivity index (χ3n) is 2.33. The molecule has 0 aromatic carbocycles. The Morgan fingerprint density at radius 1 is 1.40 bits per heavy atom. The molecule has 1 N–H and O–H groups in total. The van der Waals surface area contributed by atoms with E-state index in [1.807, 2.05) is 0 Å². The molecule has 1 atom stereocenters. The summed E-state index contributed by atoms with van der Waals surface area (Å²) in [5.74, 6) is 0.373. The van der Waals surface area contributed by atoms with Gasteiger partial charge < -0.3 is 15.4 Å². The van der Waals surface area contributed by atoms with Crippen molar-refractivity contribution in [2.45, 2.75) is 26.8 Å². The van der Waals surface area contributed by atoms with E-state index in [4.69, 9.17) is 0 Å². The van der Waals surface area contributed by atoms with Gasteiger partial charge in [-0.2, -0.15) is 0 Å². The van der Waals surface area contributed by atoms with Crippen LogP contribution >= 0.6 is 0 Å². The third kappa shape index (κ3) is 3.19. The molecule has 0 aliphatic rings. The van der Waals surface area contributed by atoms with Crippen molar-refractivity contribution < 1.29 is 4.92 Å². The summed E-state index contributed by atoms with van der Waals surface area (Å²) in [6.45, 7) is 6.28. The molecule has 1 heterocycles. The summed E-state index contributed by atoms with van der Waals surface area (Å²) >= 11 is 0. The van der Waals surface area contributed by atoms with Gasteiger partial charge in [0.25, 0.3) is 0 Å². The standard InChI is InChI=1S/C10H15N3O2/c1-7(2)8(3)12-9-4-5-10(11-6-9)13(14)15/h4-8,12H,1-3H3. The lowest BCUT2D eigenvalue weighted by Crippen LogP contribution is -2.21. The molecule has 1 aromatic rings. The van der Waals surface area contributed by atoms with Crippen molar-refractivity contribution in [1.29, 1.82) is 0 Å². The first-order valence-electron chi connectivity index (χ1n) is 4.87. The largest absolute Gasteiger partial charge is 0.379 e. The van der Waals surface area contributed by atoms with Crippen molar-refractivity contribution in [2.75, 3.05) is 5.32 Å². The van der Waals surface area contributed by atoms with Crippen LogP contribution in [0.1, 0.15) is 20.8 Å². The molecule has 0 amide bonds. The molecule has 5 heteroatoms. The monoisotopic (exact) mass is 209 g/mol. The van der Waals surface area contributed by atoms with Gasteiger partial charge in [0.2, 0.25) is 0 Å². The Morgan fingerprint density at radius 3 is 2.47 bits per heavy atom. The Balaban J connectivity index is 2.68. The molecule has 1 aromatic heterocycles. The first kappa shape index (κ1) is 11.4. The van der Waals surface area contributed by atoms with E-state index in [-0.39, 0.29) is 5.82 Å². The molecular formula is C10H15N3O2. The number of pyridine rings is 1. The highest BCUT2D eigenvalue weighted by atomic mass is 16.6. The van der Waals surface area contributed by atoms with Crippen LogP contribution in [0.25, 0.3) is 0 Å². The summed E-state index contributed by atoms with van der Waals surface area (Å²) in [6.07, 6.45) is 1.48. The maximum absolute atomic E-state index is 10.4.